The van der Waals surface area contributed by atoms with Gasteiger partial charge >= 0.3 is 6.18 Å². The lowest BCUT2D eigenvalue weighted by Gasteiger charge is -2.61. The van der Waals surface area contributed by atoms with Crippen molar-refractivity contribution in [3.63, 3.8) is 0 Å². The molecule has 2 N–H and O–H groups in total. The van der Waals surface area contributed by atoms with E-state index >= 15 is 0 Å². The van der Waals surface area contributed by atoms with Crippen molar-refractivity contribution in [3.8, 4) is 0 Å². The zero-order chi connectivity index (χ0) is 28.1. The summed E-state index contributed by atoms with van der Waals surface area (Å²) in [6.45, 7) is 3.56. The van der Waals surface area contributed by atoms with Crippen LogP contribution >= 0.6 is 0 Å². The molecular weight excluding hydrogens is 517 g/mol. The molecule has 2 aliphatic heterocycles. The fourth-order valence-electron chi connectivity index (χ4n) is 9.15. The summed E-state index contributed by atoms with van der Waals surface area (Å²) in [5.41, 5.74) is -1.26. The van der Waals surface area contributed by atoms with Crippen molar-refractivity contribution in [2.45, 2.75) is 82.0 Å². The monoisotopic (exact) mass is 555 g/mol. The molecule has 8 heteroatoms. The van der Waals surface area contributed by atoms with Gasteiger partial charge in [-0.2, -0.15) is 13.2 Å². The summed E-state index contributed by atoms with van der Waals surface area (Å²) in [4.78, 5) is 13.4. The van der Waals surface area contributed by atoms with Gasteiger partial charge in [-0.05, 0) is 61.0 Å². The Morgan fingerprint density at radius 1 is 1.18 bits per heavy atom. The number of halogens is 3. The molecule has 2 saturated carbocycles. The molecule has 1 aromatic carbocycles. The molecule has 4 aliphatic carbocycles. The zero-order valence-electron chi connectivity index (χ0n) is 23.1. The topological polar surface area (TPSA) is 58.6 Å². The van der Waals surface area contributed by atoms with Crippen LogP contribution in [-0.2, 0) is 9.53 Å². The number of allylic oxidation sites excluding steroid dienone is 2. The van der Waals surface area contributed by atoms with Gasteiger partial charge in [0.25, 0.3) is 5.91 Å². The fraction of sp³-hybridized carbons (Fsp3) is 0.594. The fourth-order valence-corrected chi connectivity index (χ4v) is 9.15. The Bertz CT molecular complexity index is 1330. The number of piperidine rings is 1. The molecule has 2 saturated heterocycles. The minimum atomic E-state index is -4.90. The van der Waals surface area contributed by atoms with Crippen LogP contribution in [0.15, 0.2) is 59.2 Å². The molecule has 0 aromatic heterocycles. The Balaban J connectivity index is 1.25. The number of alkyl halides is 3. The van der Waals surface area contributed by atoms with Crippen LogP contribution in [0.2, 0.25) is 0 Å². The van der Waals surface area contributed by atoms with E-state index in [-0.39, 0.29) is 17.1 Å². The van der Waals surface area contributed by atoms with E-state index in [0.717, 1.165) is 60.2 Å². The molecule has 4 fully saturated rings. The molecule has 6 aliphatic rings. The average molecular weight is 556 g/mol. The largest absolute Gasteiger partial charge is 0.421 e. The van der Waals surface area contributed by atoms with Gasteiger partial charge in [0.2, 0.25) is 0 Å². The van der Waals surface area contributed by atoms with Gasteiger partial charge in [-0.15, -0.1) is 0 Å². The number of carbonyl (C=O) groups excluding carboxylic acids is 1. The van der Waals surface area contributed by atoms with Gasteiger partial charge in [0.05, 0.1) is 32.3 Å². The van der Waals surface area contributed by atoms with E-state index in [4.69, 9.17) is 4.74 Å². The third kappa shape index (κ3) is 3.82. The summed E-state index contributed by atoms with van der Waals surface area (Å²) < 4.78 is 50.6. The van der Waals surface area contributed by atoms with Crippen molar-refractivity contribution in [2.24, 2.45) is 17.3 Å². The predicted molar refractivity (Wildman–Crippen MR) is 144 cm³/mol. The second-order valence-electron chi connectivity index (χ2n) is 13.3. The van der Waals surface area contributed by atoms with Gasteiger partial charge in [0.1, 0.15) is 11.7 Å². The molecule has 1 amide bonds. The minimum Gasteiger partial charge on any atom is -0.365 e. The number of carbonyl (C=O) groups is 1. The second-order valence-corrected chi connectivity index (χ2v) is 13.3. The number of rotatable bonds is 5. The van der Waals surface area contributed by atoms with E-state index in [1.54, 1.807) is 30.3 Å². The van der Waals surface area contributed by atoms with E-state index in [9.17, 15) is 23.1 Å². The third-order valence-corrected chi connectivity index (χ3v) is 11.1. The molecule has 1 spiro atoms. The summed E-state index contributed by atoms with van der Waals surface area (Å²) in [6, 6.07) is 8.55. The minimum absolute atomic E-state index is 0.0919. The molecule has 0 radical (unpaired) electrons. The van der Waals surface area contributed by atoms with Crippen LogP contribution in [0.1, 0.15) is 57.4 Å². The molecule has 40 heavy (non-hydrogen) atoms. The van der Waals surface area contributed by atoms with E-state index in [1.165, 1.54) is 32.4 Å². The van der Waals surface area contributed by atoms with Gasteiger partial charge in [0, 0.05) is 30.1 Å². The molecule has 1 aromatic rings. The highest BCUT2D eigenvalue weighted by atomic mass is 19.4. The van der Waals surface area contributed by atoms with Crippen molar-refractivity contribution in [2.75, 3.05) is 20.1 Å². The highest BCUT2D eigenvalue weighted by Crippen LogP contribution is 2.67. The van der Waals surface area contributed by atoms with Crippen LogP contribution in [0, 0.1) is 17.3 Å². The molecule has 7 rings (SSSR count). The van der Waals surface area contributed by atoms with Gasteiger partial charge in [-0.25, -0.2) is 0 Å². The first-order valence-electron chi connectivity index (χ1n) is 14.8. The van der Waals surface area contributed by atoms with E-state index in [0.29, 0.717) is 17.5 Å². The van der Waals surface area contributed by atoms with Crippen LogP contribution in [0.3, 0.4) is 0 Å². The number of quaternary nitrogens is 1. The first-order chi connectivity index (χ1) is 19.0. The molecule has 3 unspecified atom stereocenters. The van der Waals surface area contributed by atoms with Crippen molar-refractivity contribution in [3.05, 3.63) is 64.8 Å². The zero-order valence-corrected chi connectivity index (χ0v) is 23.1. The van der Waals surface area contributed by atoms with Crippen LogP contribution < -0.4 is 5.32 Å². The number of benzene rings is 1. The van der Waals surface area contributed by atoms with Crippen LogP contribution in [0.5, 0.6) is 0 Å². The highest BCUT2D eigenvalue weighted by Gasteiger charge is 2.71. The maximum absolute atomic E-state index is 14.3. The molecular formula is C32H38F3N2O3+. The normalized spacial score (nSPS) is 40.5. The smallest absolute Gasteiger partial charge is 0.365 e. The van der Waals surface area contributed by atoms with Crippen LogP contribution in [0.25, 0.3) is 5.57 Å². The number of hydrogen-bond acceptors (Lipinski definition) is 3. The lowest BCUT2D eigenvalue weighted by Crippen LogP contribution is -2.69. The van der Waals surface area contributed by atoms with Crippen molar-refractivity contribution in [1.82, 2.24) is 5.32 Å². The molecule has 7 atom stereocenters. The number of amides is 1. The lowest BCUT2D eigenvalue weighted by molar-refractivity contribution is -0.947. The molecule has 2 bridgehead atoms. The summed E-state index contributed by atoms with van der Waals surface area (Å²) in [5.74, 6) is -0.104. The maximum Gasteiger partial charge on any atom is 0.421 e. The van der Waals surface area contributed by atoms with Crippen molar-refractivity contribution in [1.29, 1.82) is 0 Å². The van der Waals surface area contributed by atoms with Crippen LogP contribution in [-0.4, -0.2) is 65.8 Å². The summed E-state index contributed by atoms with van der Waals surface area (Å²) in [6.07, 6.45) is 4.97. The highest BCUT2D eigenvalue weighted by molar-refractivity contribution is 6.02. The molecule has 214 valence electrons. The Morgan fingerprint density at radius 2 is 1.93 bits per heavy atom. The SMILES string of the molecule is CC(=C(C(=O)NC1(O)C=CC2=C3C1O[C@H]1CCC[C@H]4[C@@H](C2)[N+](C)(CC2CC2)CC[C@]314)C(F)(F)F)c1ccccc1. The van der Waals surface area contributed by atoms with Crippen molar-refractivity contribution >= 4 is 11.5 Å². The summed E-state index contributed by atoms with van der Waals surface area (Å²) in [7, 11) is 2.42. The van der Waals surface area contributed by atoms with Gasteiger partial charge in [-0.1, -0.05) is 42.8 Å². The predicted octanol–water partition coefficient (Wildman–Crippen LogP) is 5.28. The Kier molecular flexibility index (Phi) is 5.82. The number of nitrogens with one attached hydrogen (secondary N) is 1. The van der Waals surface area contributed by atoms with E-state index in [2.05, 4.69) is 12.4 Å². The molecule has 2 heterocycles. The maximum atomic E-state index is 14.3. The standard InChI is InChI=1S/C32H37F3N2O3/c1-19(21-7-4-3-5-8-21)26(32(33,34)35)29(38)36-31(39)14-13-22-17-24-23-9-6-10-25-30(23,27(22)28(31)40-25)15-16-37(24,2)18-20-11-12-20/h3-5,7-8,13-14,20,23-25,28,39H,6,9-12,15-18H2,1-2H3/p+1/t23-,24+,25-,28?,30+,31?,37?/m0/s1. The average Bonchev–Trinajstić information content (AvgIpc) is 3.64. The van der Waals surface area contributed by atoms with Gasteiger partial charge < -0.3 is 19.6 Å². The van der Waals surface area contributed by atoms with Crippen LogP contribution in [0.4, 0.5) is 13.2 Å². The lowest BCUT2D eigenvalue weighted by atomic mass is 9.50. The number of likely N-dealkylation sites (tertiary alicyclic amines) is 1. The van der Waals surface area contributed by atoms with Crippen molar-refractivity contribution < 1.29 is 32.3 Å². The Labute approximate surface area is 233 Å². The first-order valence-corrected chi connectivity index (χ1v) is 14.8. The Hall–Kier alpha value is -2.42. The number of hydrogen-bond donors (Lipinski definition) is 2. The third-order valence-electron chi connectivity index (χ3n) is 11.1. The van der Waals surface area contributed by atoms with Gasteiger partial charge in [0.15, 0.2) is 5.72 Å². The first kappa shape index (κ1) is 26.5. The Morgan fingerprint density at radius 3 is 2.62 bits per heavy atom. The number of aliphatic hydroxyl groups is 1. The molecule has 5 nitrogen and oxygen atoms in total. The second kappa shape index (κ2) is 8.79. The van der Waals surface area contributed by atoms with E-state index < -0.39 is 29.5 Å². The summed E-state index contributed by atoms with van der Waals surface area (Å²) >= 11 is 0. The number of nitrogens with zero attached hydrogens (tertiary/aromatic N) is 1. The quantitative estimate of drug-likeness (QED) is 0.295. The van der Waals surface area contributed by atoms with E-state index in [1.807, 2.05) is 6.08 Å². The summed E-state index contributed by atoms with van der Waals surface area (Å²) in [5, 5.41) is 14.3. The number of ether oxygens (including phenoxy) is 1. The van der Waals surface area contributed by atoms with Gasteiger partial charge in [-0.3, -0.25) is 4.79 Å².